The Morgan fingerprint density at radius 2 is 1.57 bits per heavy atom. The molecular weight excluding hydrogens is 558 g/mol. The smallest absolute Gasteiger partial charge is 0.407 e. The van der Waals surface area contributed by atoms with Crippen molar-refractivity contribution in [3.8, 4) is 0 Å². The van der Waals surface area contributed by atoms with Crippen LogP contribution in [0.25, 0.3) is 0 Å². The van der Waals surface area contributed by atoms with E-state index in [-0.39, 0.29) is 29.7 Å². The average molecular weight is 612 g/mol. The summed E-state index contributed by atoms with van der Waals surface area (Å²) in [5, 5.41) is 6.13. The monoisotopic (exact) mass is 611 g/mol. The molecule has 4 rings (SSSR count). The van der Waals surface area contributed by atoms with E-state index in [9.17, 15) is 19.2 Å². The molecule has 1 aromatic carbocycles. The number of hydrogen-bond acceptors (Lipinski definition) is 6. The Labute approximate surface area is 263 Å². The van der Waals surface area contributed by atoms with Gasteiger partial charge in [0.2, 0.25) is 11.8 Å². The van der Waals surface area contributed by atoms with Crippen LogP contribution >= 0.6 is 0 Å². The lowest BCUT2D eigenvalue weighted by Gasteiger charge is -2.37. The van der Waals surface area contributed by atoms with Crippen molar-refractivity contribution in [2.75, 3.05) is 18.5 Å². The van der Waals surface area contributed by atoms with Gasteiger partial charge in [-0.05, 0) is 108 Å². The zero-order chi connectivity index (χ0) is 31.9. The van der Waals surface area contributed by atoms with Crippen LogP contribution in [0, 0.1) is 23.7 Å². The summed E-state index contributed by atoms with van der Waals surface area (Å²) in [6, 6.07) is 6.27. The predicted octanol–water partition coefficient (Wildman–Crippen LogP) is 6.71. The number of likely N-dealkylation sites (tertiary alicyclic amines) is 1. The van der Waals surface area contributed by atoms with Crippen molar-refractivity contribution >= 4 is 29.6 Å². The first-order valence-corrected chi connectivity index (χ1v) is 16.9. The number of carbonyl (C=O) groups excluding carboxylic acids is 4. The molecule has 44 heavy (non-hydrogen) atoms. The topological polar surface area (TPSA) is 114 Å². The van der Waals surface area contributed by atoms with Crippen molar-refractivity contribution in [3.63, 3.8) is 0 Å². The van der Waals surface area contributed by atoms with Crippen molar-refractivity contribution in [3.05, 3.63) is 29.8 Å². The molecule has 9 nitrogen and oxygen atoms in total. The Morgan fingerprint density at radius 3 is 2.16 bits per heavy atom. The molecule has 3 atom stereocenters. The van der Waals surface area contributed by atoms with Crippen LogP contribution in [0.2, 0.25) is 0 Å². The quantitative estimate of drug-likeness (QED) is 0.300. The number of carbonyl (C=O) groups is 4. The first-order chi connectivity index (χ1) is 21.0. The third kappa shape index (κ3) is 8.75. The average Bonchev–Trinajstić information content (AvgIpc) is 3.45. The van der Waals surface area contributed by atoms with Gasteiger partial charge in [0.1, 0.15) is 11.6 Å². The number of hydrogen-bond donors (Lipinski definition) is 2. The molecule has 3 fully saturated rings. The minimum Gasteiger partial charge on any atom is -0.462 e. The third-order valence-electron chi connectivity index (χ3n) is 9.75. The van der Waals surface area contributed by atoms with Gasteiger partial charge in [0.15, 0.2) is 0 Å². The summed E-state index contributed by atoms with van der Waals surface area (Å²) in [4.78, 5) is 54.4. The SMILES string of the molecule is CCOC(=O)c1ccc(NC(=O)[C@@H]2[C@H](C3CCCCC3)CCN2C(=O)[C@H]2CC[C@H](C(CC)NC(=O)OC(C)(C)C)CC2)cc1. The first-order valence-electron chi connectivity index (χ1n) is 16.9. The number of nitrogens with zero attached hydrogens (tertiary/aromatic N) is 1. The lowest BCUT2D eigenvalue weighted by molar-refractivity contribution is -0.142. The molecule has 2 aliphatic carbocycles. The maximum atomic E-state index is 14.1. The van der Waals surface area contributed by atoms with Gasteiger partial charge >= 0.3 is 12.1 Å². The Kier molecular flexibility index (Phi) is 11.7. The summed E-state index contributed by atoms with van der Waals surface area (Å²) in [7, 11) is 0. The highest BCUT2D eigenvalue weighted by Crippen LogP contribution is 2.41. The molecule has 2 saturated carbocycles. The molecule has 1 unspecified atom stereocenters. The predicted molar refractivity (Wildman–Crippen MR) is 170 cm³/mol. The van der Waals surface area contributed by atoms with Gasteiger partial charge in [0, 0.05) is 24.2 Å². The lowest BCUT2D eigenvalue weighted by atomic mass is 9.75. The van der Waals surface area contributed by atoms with Gasteiger partial charge < -0.3 is 25.0 Å². The minimum atomic E-state index is -0.549. The van der Waals surface area contributed by atoms with Crippen LogP contribution in [0.3, 0.4) is 0 Å². The maximum Gasteiger partial charge on any atom is 0.407 e. The Hall–Kier alpha value is -3.10. The second kappa shape index (κ2) is 15.3. The largest absolute Gasteiger partial charge is 0.462 e. The molecule has 1 saturated heterocycles. The van der Waals surface area contributed by atoms with Crippen LogP contribution in [0.4, 0.5) is 10.5 Å². The van der Waals surface area contributed by atoms with Gasteiger partial charge in [-0.3, -0.25) is 9.59 Å². The minimum absolute atomic E-state index is 0.0112. The Morgan fingerprint density at radius 1 is 0.909 bits per heavy atom. The van der Waals surface area contributed by atoms with Crippen molar-refractivity contribution in [2.45, 2.75) is 123 Å². The molecule has 0 radical (unpaired) electrons. The molecule has 0 aromatic heterocycles. The van der Waals surface area contributed by atoms with Crippen LogP contribution in [-0.2, 0) is 19.1 Å². The molecule has 0 bridgehead atoms. The number of nitrogens with one attached hydrogen (secondary N) is 2. The van der Waals surface area contributed by atoms with E-state index < -0.39 is 23.7 Å². The van der Waals surface area contributed by atoms with E-state index in [1.54, 1.807) is 31.2 Å². The van der Waals surface area contributed by atoms with Gasteiger partial charge in [-0.1, -0.05) is 39.0 Å². The van der Waals surface area contributed by atoms with Gasteiger partial charge in [-0.15, -0.1) is 0 Å². The van der Waals surface area contributed by atoms with Crippen molar-refractivity contribution in [1.29, 1.82) is 0 Å². The van der Waals surface area contributed by atoms with E-state index in [2.05, 4.69) is 17.6 Å². The van der Waals surface area contributed by atoms with E-state index in [0.717, 1.165) is 51.4 Å². The molecule has 2 N–H and O–H groups in total. The number of anilines is 1. The van der Waals surface area contributed by atoms with Gasteiger partial charge in [-0.25, -0.2) is 9.59 Å². The highest BCUT2D eigenvalue weighted by atomic mass is 16.6. The summed E-state index contributed by atoms with van der Waals surface area (Å²) >= 11 is 0. The Bertz CT molecular complexity index is 1130. The first kappa shape index (κ1) is 33.8. The Balaban J connectivity index is 1.42. The third-order valence-corrected chi connectivity index (χ3v) is 9.75. The summed E-state index contributed by atoms with van der Waals surface area (Å²) in [5.74, 6) is 0.331. The second-order valence-electron chi connectivity index (χ2n) is 13.9. The zero-order valence-corrected chi connectivity index (χ0v) is 27.4. The normalized spacial score (nSPS) is 25.2. The molecule has 3 amide bonds. The summed E-state index contributed by atoms with van der Waals surface area (Å²) in [6.07, 6.45) is 10.3. The number of alkyl carbamates (subject to hydrolysis) is 1. The summed E-state index contributed by atoms with van der Waals surface area (Å²) < 4.78 is 10.6. The van der Waals surface area contributed by atoms with Crippen LogP contribution in [0.5, 0.6) is 0 Å². The summed E-state index contributed by atoms with van der Waals surface area (Å²) in [6.45, 7) is 10.3. The molecule has 9 heteroatoms. The number of amides is 3. The van der Waals surface area contributed by atoms with Crippen LogP contribution in [-0.4, -0.2) is 59.6 Å². The van der Waals surface area contributed by atoms with E-state index >= 15 is 0 Å². The van der Waals surface area contributed by atoms with Gasteiger partial charge in [-0.2, -0.15) is 0 Å². The van der Waals surface area contributed by atoms with Gasteiger partial charge in [0.25, 0.3) is 0 Å². The highest BCUT2D eigenvalue weighted by Gasteiger charge is 2.47. The van der Waals surface area contributed by atoms with Crippen LogP contribution < -0.4 is 10.6 Å². The van der Waals surface area contributed by atoms with Crippen molar-refractivity contribution in [1.82, 2.24) is 10.2 Å². The zero-order valence-electron chi connectivity index (χ0n) is 27.4. The van der Waals surface area contributed by atoms with Crippen molar-refractivity contribution < 1.29 is 28.7 Å². The van der Waals surface area contributed by atoms with Crippen LogP contribution in [0.1, 0.15) is 116 Å². The van der Waals surface area contributed by atoms with Crippen LogP contribution in [0.15, 0.2) is 24.3 Å². The standard InChI is InChI=1S/C35H53N3O6/c1-6-29(37-34(42)44-35(3,4)5)24-13-15-25(16-14-24)32(40)38-22-21-28(23-11-9-8-10-12-23)30(38)31(39)36-27-19-17-26(18-20-27)33(41)43-7-2/h17-20,23-25,28-30H,6-16,21-22H2,1-5H3,(H,36,39)(H,37,42)/t24-,25-,28-,29?,30-/m0/s1. The summed E-state index contributed by atoms with van der Waals surface area (Å²) in [5.41, 5.74) is 0.491. The van der Waals surface area contributed by atoms with E-state index in [1.807, 2.05) is 25.7 Å². The molecule has 0 spiro atoms. The molecule has 244 valence electrons. The fourth-order valence-electron chi connectivity index (χ4n) is 7.59. The van der Waals surface area contributed by atoms with E-state index in [4.69, 9.17) is 9.47 Å². The molecule has 1 aliphatic heterocycles. The van der Waals surface area contributed by atoms with E-state index in [0.29, 0.717) is 36.2 Å². The molecule has 3 aliphatic rings. The molecule has 1 heterocycles. The number of ether oxygens (including phenoxy) is 2. The molecular formula is C35H53N3O6. The molecule has 1 aromatic rings. The maximum absolute atomic E-state index is 14.1. The number of benzene rings is 1. The van der Waals surface area contributed by atoms with Crippen molar-refractivity contribution in [2.24, 2.45) is 23.7 Å². The number of esters is 1. The fourth-order valence-corrected chi connectivity index (χ4v) is 7.59. The number of rotatable bonds is 9. The fraction of sp³-hybridized carbons (Fsp3) is 0.714. The van der Waals surface area contributed by atoms with E-state index in [1.165, 1.54) is 19.3 Å². The highest BCUT2D eigenvalue weighted by molar-refractivity contribution is 5.98. The van der Waals surface area contributed by atoms with Gasteiger partial charge in [0.05, 0.1) is 12.2 Å². The second-order valence-corrected chi connectivity index (χ2v) is 13.9. The lowest BCUT2D eigenvalue weighted by Crippen LogP contribution is -2.50.